The van der Waals surface area contributed by atoms with Crippen LogP contribution in [-0.4, -0.2) is 23.4 Å². The van der Waals surface area contributed by atoms with Crippen molar-refractivity contribution in [2.24, 2.45) is 0 Å². The van der Waals surface area contributed by atoms with Crippen molar-refractivity contribution in [2.75, 3.05) is 17.2 Å². The van der Waals surface area contributed by atoms with Crippen molar-refractivity contribution < 1.29 is 23.7 Å². The second-order valence-corrected chi connectivity index (χ2v) is 6.43. The minimum atomic E-state index is -0.699. The molecule has 0 aliphatic heterocycles. The molecular weight excluding hydrogens is 414 g/mol. The molecule has 2 aromatic carbocycles. The molecule has 9 nitrogen and oxygen atoms in total. The van der Waals surface area contributed by atoms with Gasteiger partial charge in [0.2, 0.25) is 0 Å². The summed E-state index contributed by atoms with van der Waals surface area (Å²) < 4.78 is 10.3. The summed E-state index contributed by atoms with van der Waals surface area (Å²) in [6, 6.07) is 14.0. The second-order valence-electron chi connectivity index (χ2n) is 6.03. The summed E-state index contributed by atoms with van der Waals surface area (Å²) in [6.45, 7) is -0.200. The highest BCUT2D eigenvalue weighted by atomic mass is 35.5. The molecule has 1 aromatic heterocycles. The van der Waals surface area contributed by atoms with Crippen molar-refractivity contribution in [3.8, 4) is 0 Å². The van der Waals surface area contributed by atoms with Crippen LogP contribution in [0.15, 0.2) is 65.3 Å². The fourth-order valence-corrected chi connectivity index (χ4v) is 2.73. The van der Waals surface area contributed by atoms with E-state index in [-0.39, 0.29) is 22.0 Å². The third kappa shape index (κ3) is 5.36. The lowest BCUT2D eigenvalue weighted by Crippen LogP contribution is -2.21. The highest BCUT2D eigenvalue weighted by molar-refractivity contribution is 6.32. The molecule has 30 heavy (non-hydrogen) atoms. The number of carbonyl (C=O) groups excluding carboxylic acids is 2. The topological polar surface area (TPSA) is 124 Å². The van der Waals surface area contributed by atoms with Crippen molar-refractivity contribution in [3.05, 3.63) is 87.3 Å². The molecule has 154 valence electrons. The van der Waals surface area contributed by atoms with Crippen LogP contribution >= 0.6 is 11.6 Å². The Bertz CT molecular complexity index is 1070. The molecule has 0 fully saturated rings. The lowest BCUT2D eigenvalue weighted by Gasteiger charge is -2.11. The first-order valence-corrected chi connectivity index (χ1v) is 9.08. The lowest BCUT2D eigenvalue weighted by atomic mass is 10.2. The van der Waals surface area contributed by atoms with Crippen LogP contribution in [0.3, 0.4) is 0 Å². The van der Waals surface area contributed by atoms with E-state index in [9.17, 15) is 19.7 Å². The number of nitrogens with one attached hydrogen (secondary N) is 2. The monoisotopic (exact) mass is 429 g/mol. The van der Waals surface area contributed by atoms with Crippen LogP contribution in [0.25, 0.3) is 0 Å². The van der Waals surface area contributed by atoms with Crippen LogP contribution in [0.1, 0.15) is 16.1 Å². The van der Waals surface area contributed by atoms with E-state index in [1.54, 1.807) is 42.7 Å². The molecule has 0 bridgehead atoms. The maximum absolute atomic E-state index is 12.4. The summed E-state index contributed by atoms with van der Waals surface area (Å²) in [7, 11) is 0. The molecule has 0 unspecified atom stereocenters. The number of hydrogen-bond acceptors (Lipinski definition) is 7. The number of amides is 1. The number of nitro groups is 1. The van der Waals surface area contributed by atoms with Gasteiger partial charge >= 0.3 is 5.97 Å². The average molecular weight is 430 g/mol. The van der Waals surface area contributed by atoms with Gasteiger partial charge in [0.1, 0.15) is 10.8 Å². The number of esters is 1. The van der Waals surface area contributed by atoms with Crippen LogP contribution in [0.4, 0.5) is 17.1 Å². The quantitative estimate of drug-likeness (QED) is 0.311. The molecular formula is C20H16ClN3O6. The zero-order valence-electron chi connectivity index (χ0n) is 15.5. The van der Waals surface area contributed by atoms with Crippen molar-refractivity contribution in [2.45, 2.75) is 6.54 Å². The normalized spacial score (nSPS) is 10.3. The Labute approximate surface area is 175 Å². The van der Waals surface area contributed by atoms with Crippen molar-refractivity contribution in [1.29, 1.82) is 0 Å². The van der Waals surface area contributed by atoms with E-state index in [1.807, 2.05) is 0 Å². The van der Waals surface area contributed by atoms with Gasteiger partial charge in [0.15, 0.2) is 6.61 Å². The first-order chi connectivity index (χ1) is 14.4. The molecule has 0 saturated carbocycles. The smallest absolute Gasteiger partial charge is 0.340 e. The number of halogens is 1. The number of furan rings is 1. The summed E-state index contributed by atoms with van der Waals surface area (Å²) in [5.41, 5.74) is 0.585. The number of nitro benzene ring substituents is 1. The lowest BCUT2D eigenvalue weighted by molar-refractivity contribution is -0.384. The standard InChI is InChI=1S/C20H16ClN3O6/c21-16-8-7-13(10-18(16)24(27)28)23-19(25)12-30-20(26)15-5-1-2-6-17(15)22-11-14-4-3-9-29-14/h1-10,22H,11-12H2,(H,23,25). The number of ether oxygens (including phenoxy) is 1. The Balaban J connectivity index is 1.58. The third-order valence-electron chi connectivity index (χ3n) is 3.94. The Hall–Kier alpha value is -3.85. The van der Waals surface area contributed by atoms with Crippen molar-refractivity contribution >= 4 is 40.5 Å². The molecule has 0 spiro atoms. The zero-order chi connectivity index (χ0) is 21.5. The SMILES string of the molecule is O=C(COC(=O)c1ccccc1NCc1ccco1)Nc1ccc(Cl)c([N+](=O)[O-])c1. The summed E-state index contributed by atoms with van der Waals surface area (Å²) in [5.74, 6) is -0.662. The second kappa shape index (κ2) is 9.57. The maximum Gasteiger partial charge on any atom is 0.340 e. The van der Waals surface area contributed by atoms with E-state index in [1.165, 1.54) is 12.1 Å². The Morgan fingerprint density at radius 2 is 1.93 bits per heavy atom. The highest BCUT2D eigenvalue weighted by Crippen LogP contribution is 2.27. The molecule has 0 aliphatic carbocycles. The van der Waals surface area contributed by atoms with Gasteiger partial charge in [0.25, 0.3) is 11.6 Å². The van der Waals surface area contributed by atoms with Gasteiger partial charge in [-0.15, -0.1) is 0 Å². The molecule has 3 aromatic rings. The van der Waals surface area contributed by atoms with Crippen molar-refractivity contribution in [3.63, 3.8) is 0 Å². The highest BCUT2D eigenvalue weighted by Gasteiger charge is 2.16. The first-order valence-electron chi connectivity index (χ1n) is 8.70. The molecule has 0 radical (unpaired) electrons. The van der Waals surface area contributed by atoms with E-state index in [2.05, 4.69) is 10.6 Å². The maximum atomic E-state index is 12.4. The van der Waals surface area contributed by atoms with Gasteiger partial charge in [-0.25, -0.2) is 4.79 Å². The summed E-state index contributed by atoms with van der Waals surface area (Å²) >= 11 is 5.74. The molecule has 0 saturated heterocycles. The molecule has 0 aliphatic rings. The minimum absolute atomic E-state index is 0.0527. The number of hydrogen-bond donors (Lipinski definition) is 2. The fourth-order valence-electron chi connectivity index (χ4n) is 2.55. The average Bonchev–Trinajstić information content (AvgIpc) is 3.25. The third-order valence-corrected chi connectivity index (χ3v) is 4.26. The number of benzene rings is 2. The van der Waals surface area contributed by atoms with Crippen LogP contribution in [0.2, 0.25) is 5.02 Å². The molecule has 1 amide bonds. The molecule has 3 rings (SSSR count). The number of carbonyl (C=O) groups is 2. The fraction of sp³-hybridized carbons (Fsp3) is 0.100. The van der Waals surface area contributed by atoms with E-state index in [0.29, 0.717) is 18.0 Å². The summed E-state index contributed by atoms with van der Waals surface area (Å²) in [6.07, 6.45) is 1.55. The van der Waals surface area contributed by atoms with E-state index >= 15 is 0 Å². The van der Waals surface area contributed by atoms with E-state index in [4.69, 9.17) is 20.8 Å². The van der Waals surface area contributed by atoms with Crippen LogP contribution in [-0.2, 0) is 16.1 Å². The number of rotatable bonds is 8. The number of para-hydroxylation sites is 1. The molecule has 10 heteroatoms. The van der Waals surface area contributed by atoms with Crippen LogP contribution in [0.5, 0.6) is 0 Å². The van der Waals surface area contributed by atoms with Gasteiger partial charge in [-0.05, 0) is 36.4 Å². The van der Waals surface area contributed by atoms with Crippen LogP contribution in [0, 0.1) is 10.1 Å². The van der Waals surface area contributed by atoms with Crippen LogP contribution < -0.4 is 10.6 Å². The van der Waals surface area contributed by atoms with Gasteiger partial charge in [0.05, 0.1) is 23.3 Å². The number of anilines is 2. The Kier molecular flexibility index (Phi) is 6.66. The first kappa shape index (κ1) is 20.9. The van der Waals surface area contributed by atoms with Gasteiger partial charge < -0.3 is 19.8 Å². The predicted octanol–water partition coefficient (Wildman–Crippen LogP) is 4.25. The summed E-state index contributed by atoms with van der Waals surface area (Å²) in [4.78, 5) is 34.7. The van der Waals surface area contributed by atoms with Gasteiger partial charge in [0, 0.05) is 17.4 Å². The molecule has 1 heterocycles. The van der Waals surface area contributed by atoms with Gasteiger partial charge in [-0.1, -0.05) is 23.7 Å². The largest absolute Gasteiger partial charge is 0.467 e. The number of nitrogens with zero attached hydrogens (tertiary/aromatic N) is 1. The van der Waals surface area contributed by atoms with E-state index < -0.39 is 23.4 Å². The Morgan fingerprint density at radius 1 is 1.13 bits per heavy atom. The zero-order valence-corrected chi connectivity index (χ0v) is 16.2. The summed E-state index contributed by atoms with van der Waals surface area (Å²) in [5, 5.41) is 16.4. The minimum Gasteiger partial charge on any atom is -0.467 e. The predicted molar refractivity (Wildman–Crippen MR) is 109 cm³/mol. The molecule has 0 atom stereocenters. The van der Waals surface area contributed by atoms with Gasteiger partial charge in [-0.2, -0.15) is 0 Å². The molecule has 2 N–H and O–H groups in total. The Morgan fingerprint density at radius 3 is 2.67 bits per heavy atom. The van der Waals surface area contributed by atoms with Crippen molar-refractivity contribution in [1.82, 2.24) is 0 Å². The van der Waals surface area contributed by atoms with E-state index in [0.717, 1.165) is 6.07 Å². The van der Waals surface area contributed by atoms with Gasteiger partial charge in [-0.3, -0.25) is 14.9 Å².